The largest absolute Gasteiger partial charge is 0.451 e. The maximum absolute atomic E-state index is 12.5. The zero-order valence-electron chi connectivity index (χ0n) is 13.3. The van der Waals surface area contributed by atoms with Gasteiger partial charge in [0.1, 0.15) is 12.1 Å². The van der Waals surface area contributed by atoms with Crippen LogP contribution in [0.5, 0.6) is 0 Å². The van der Waals surface area contributed by atoms with Crippen LogP contribution in [-0.4, -0.2) is 26.1 Å². The van der Waals surface area contributed by atoms with Crippen molar-refractivity contribution in [2.24, 2.45) is 0 Å². The van der Waals surface area contributed by atoms with Gasteiger partial charge in [-0.15, -0.1) is 5.10 Å². The second-order valence-corrected chi connectivity index (χ2v) is 5.81. The number of anilines is 1. The molecule has 0 bridgehead atoms. The van der Waals surface area contributed by atoms with Crippen molar-refractivity contribution < 1.29 is 9.21 Å². The fraction of sp³-hybridized carbons (Fsp3) is 0. The molecule has 128 valence electrons. The van der Waals surface area contributed by atoms with Gasteiger partial charge in [-0.1, -0.05) is 29.8 Å². The predicted molar refractivity (Wildman–Crippen MR) is 96.3 cm³/mol. The van der Waals surface area contributed by atoms with Crippen LogP contribution in [0.25, 0.3) is 17.0 Å². The van der Waals surface area contributed by atoms with Gasteiger partial charge in [0.2, 0.25) is 0 Å². The smallest absolute Gasteiger partial charge is 0.291 e. The van der Waals surface area contributed by atoms with Crippen LogP contribution in [0.1, 0.15) is 10.6 Å². The summed E-state index contributed by atoms with van der Waals surface area (Å²) in [5, 5.41) is 14.4. The molecule has 0 spiro atoms. The van der Waals surface area contributed by atoms with E-state index in [-0.39, 0.29) is 11.7 Å². The second kappa shape index (κ2) is 6.81. The Morgan fingerprint density at radius 1 is 1.08 bits per heavy atom. The van der Waals surface area contributed by atoms with Gasteiger partial charge in [0.05, 0.1) is 10.7 Å². The molecule has 0 unspecified atom stereocenters. The van der Waals surface area contributed by atoms with Crippen LogP contribution in [0.3, 0.4) is 0 Å². The molecule has 1 N–H and O–H groups in total. The number of carbonyl (C=O) groups excluding carboxylic acids is 1. The van der Waals surface area contributed by atoms with Crippen LogP contribution in [0.15, 0.2) is 71.4 Å². The summed E-state index contributed by atoms with van der Waals surface area (Å²) in [7, 11) is 0. The topological polar surface area (TPSA) is 85.8 Å². The van der Waals surface area contributed by atoms with Crippen molar-refractivity contribution in [3.05, 3.63) is 77.8 Å². The van der Waals surface area contributed by atoms with Gasteiger partial charge < -0.3 is 9.73 Å². The molecule has 0 radical (unpaired) electrons. The van der Waals surface area contributed by atoms with Gasteiger partial charge in [-0.05, 0) is 52.9 Å². The first kappa shape index (κ1) is 16.0. The van der Waals surface area contributed by atoms with E-state index in [4.69, 9.17) is 16.0 Å². The highest BCUT2D eigenvalue weighted by Crippen LogP contribution is 2.29. The number of hydrogen-bond donors (Lipinski definition) is 1. The van der Waals surface area contributed by atoms with Crippen LogP contribution in [0, 0.1) is 0 Å². The summed E-state index contributed by atoms with van der Waals surface area (Å²) in [6, 6.07) is 17.8. The lowest BCUT2D eigenvalue weighted by Gasteiger charge is -2.06. The number of nitrogens with one attached hydrogen (secondary N) is 1. The van der Waals surface area contributed by atoms with Crippen LogP contribution in [-0.2, 0) is 0 Å². The van der Waals surface area contributed by atoms with Crippen LogP contribution in [0.2, 0.25) is 5.02 Å². The molecule has 2 aromatic heterocycles. The van der Waals surface area contributed by atoms with Gasteiger partial charge >= 0.3 is 0 Å². The first-order valence-electron chi connectivity index (χ1n) is 7.70. The lowest BCUT2D eigenvalue weighted by atomic mass is 10.2. The summed E-state index contributed by atoms with van der Waals surface area (Å²) in [6.45, 7) is 0. The molecule has 0 saturated carbocycles. The monoisotopic (exact) mass is 365 g/mol. The summed E-state index contributed by atoms with van der Waals surface area (Å²) in [4.78, 5) is 12.5. The van der Waals surface area contributed by atoms with E-state index in [1.807, 2.05) is 24.3 Å². The molecule has 0 aliphatic heterocycles. The number of carbonyl (C=O) groups is 1. The minimum absolute atomic E-state index is 0.188. The standard InChI is InChI=1S/C18H12ClN5O2/c19-15-7-2-1-6-14(15)16-8-9-17(26-16)18(25)21-12-4-3-5-13(10-12)24-11-20-22-23-24/h1-11H,(H,21,25). The van der Waals surface area contributed by atoms with Crippen molar-refractivity contribution in [1.29, 1.82) is 0 Å². The van der Waals surface area contributed by atoms with Crippen LogP contribution >= 0.6 is 11.6 Å². The van der Waals surface area contributed by atoms with Gasteiger partial charge in [0.15, 0.2) is 5.76 Å². The number of nitrogens with zero attached hydrogens (tertiary/aromatic N) is 4. The zero-order chi connectivity index (χ0) is 17.9. The quantitative estimate of drug-likeness (QED) is 0.594. The van der Waals surface area contributed by atoms with Crippen molar-refractivity contribution in [3.8, 4) is 17.0 Å². The third-order valence-corrected chi connectivity index (χ3v) is 4.02. The fourth-order valence-corrected chi connectivity index (χ4v) is 2.69. The molecular weight excluding hydrogens is 354 g/mol. The highest BCUT2D eigenvalue weighted by Gasteiger charge is 2.14. The minimum Gasteiger partial charge on any atom is -0.451 e. The maximum Gasteiger partial charge on any atom is 0.291 e. The molecular formula is C18H12ClN5O2. The normalized spacial score (nSPS) is 10.7. The summed E-state index contributed by atoms with van der Waals surface area (Å²) in [5.41, 5.74) is 2.05. The van der Waals surface area contributed by atoms with Crippen molar-refractivity contribution in [2.75, 3.05) is 5.32 Å². The number of amides is 1. The molecule has 4 aromatic rings. The molecule has 0 aliphatic rings. The first-order valence-corrected chi connectivity index (χ1v) is 8.08. The van der Waals surface area contributed by atoms with Gasteiger partial charge in [-0.3, -0.25) is 4.79 Å². The molecule has 0 saturated heterocycles. The third kappa shape index (κ3) is 3.20. The van der Waals surface area contributed by atoms with Gasteiger partial charge in [0, 0.05) is 11.3 Å². The van der Waals surface area contributed by atoms with E-state index in [0.717, 1.165) is 11.3 Å². The lowest BCUT2D eigenvalue weighted by molar-refractivity contribution is 0.0997. The van der Waals surface area contributed by atoms with Crippen LogP contribution < -0.4 is 5.32 Å². The maximum atomic E-state index is 12.5. The van der Waals surface area contributed by atoms with E-state index < -0.39 is 0 Å². The molecule has 0 fully saturated rings. The number of halogens is 1. The Kier molecular flexibility index (Phi) is 4.20. The average Bonchev–Trinajstić information content (AvgIpc) is 3.35. The lowest BCUT2D eigenvalue weighted by Crippen LogP contribution is -2.11. The number of rotatable bonds is 4. The van der Waals surface area contributed by atoms with E-state index in [0.29, 0.717) is 16.5 Å². The summed E-state index contributed by atoms with van der Waals surface area (Å²) < 4.78 is 7.15. The SMILES string of the molecule is O=C(Nc1cccc(-n2cnnn2)c1)c1ccc(-c2ccccc2Cl)o1. The highest BCUT2D eigenvalue weighted by molar-refractivity contribution is 6.33. The Bertz CT molecular complexity index is 1060. The Hall–Kier alpha value is -3.45. The van der Waals surface area contributed by atoms with Crippen molar-refractivity contribution in [3.63, 3.8) is 0 Å². The Labute approximate surface area is 153 Å². The van der Waals surface area contributed by atoms with E-state index in [2.05, 4.69) is 20.8 Å². The van der Waals surface area contributed by atoms with E-state index in [1.165, 1.54) is 11.0 Å². The Balaban J connectivity index is 1.54. The van der Waals surface area contributed by atoms with Crippen LogP contribution in [0.4, 0.5) is 5.69 Å². The highest BCUT2D eigenvalue weighted by atomic mass is 35.5. The molecule has 26 heavy (non-hydrogen) atoms. The second-order valence-electron chi connectivity index (χ2n) is 5.40. The Morgan fingerprint density at radius 3 is 2.77 bits per heavy atom. The molecule has 1 amide bonds. The van der Waals surface area contributed by atoms with Gasteiger partial charge in [-0.2, -0.15) is 0 Å². The van der Waals surface area contributed by atoms with E-state index in [1.54, 1.807) is 36.4 Å². The molecule has 2 heterocycles. The molecule has 8 heteroatoms. The average molecular weight is 366 g/mol. The molecule has 0 aliphatic carbocycles. The first-order chi connectivity index (χ1) is 12.7. The number of tetrazole rings is 1. The molecule has 0 atom stereocenters. The van der Waals surface area contributed by atoms with Crippen molar-refractivity contribution >= 4 is 23.2 Å². The number of aromatic nitrogens is 4. The summed E-state index contributed by atoms with van der Waals surface area (Å²) in [5.74, 6) is 0.355. The van der Waals surface area contributed by atoms with E-state index in [9.17, 15) is 4.79 Å². The number of furan rings is 1. The predicted octanol–water partition coefficient (Wildman–Crippen LogP) is 3.83. The molecule has 4 rings (SSSR count). The summed E-state index contributed by atoms with van der Waals surface area (Å²) in [6.07, 6.45) is 1.48. The van der Waals surface area contributed by atoms with Crippen molar-refractivity contribution in [1.82, 2.24) is 20.2 Å². The zero-order valence-corrected chi connectivity index (χ0v) is 14.1. The van der Waals surface area contributed by atoms with Gasteiger partial charge in [-0.25, -0.2) is 4.68 Å². The molecule has 7 nitrogen and oxygen atoms in total. The molecule has 2 aromatic carbocycles. The third-order valence-electron chi connectivity index (χ3n) is 3.69. The fourth-order valence-electron chi connectivity index (χ4n) is 2.46. The summed E-state index contributed by atoms with van der Waals surface area (Å²) >= 11 is 6.16. The minimum atomic E-state index is -0.364. The van der Waals surface area contributed by atoms with Gasteiger partial charge in [0.25, 0.3) is 5.91 Å². The van der Waals surface area contributed by atoms with E-state index >= 15 is 0 Å². The Morgan fingerprint density at radius 2 is 1.96 bits per heavy atom. The number of benzene rings is 2. The van der Waals surface area contributed by atoms with Crippen molar-refractivity contribution in [2.45, 2.75) is 0 Å². The number of hydrogen-bond acceptors (Lipinski definition) is 5.